The van der Waals surface area contributed by atoms with Crippen LogP contribution in [0.2, 0.25) is 0 Å². The average molecular weight is 396 g/mol. The number of para-hydroxylation sites is 1. The molecule has 1 aromatic heterocycles. The van der Waals surface area contributed by atoms with Gasteiger partial charge in [0.2, 0.25) is 17.2 Å². The molecule has 0 spiro atoms. The maximum atomic E-state index is 13.2. The summed E-state index contributed by atoms with van der Waals surface area (Å²) in [5.74, 6) is -2.29. The van der Waals surface area contributed by atoms with E-state index in [1.54, 1.807) is 45.0 Å². The molecule has 0 radical (unpaired) electrons. The van der Waals surface area contributed by atoms with E-state index in [-0.39, 0.29) is 24.7 Å². The molecule has 3 rings (SSSR count). The molecule has 9 heteroatoms. The number of fused-ring (bicyclic) bond motifs is 1. The fraction of sp³-hybridized carbons (Fsp3) is 0.300. The van der Waals surface area contributed by atoms with Crippen LogP contribution in [0.3, 0.4) is 0 Å². The van der Waals surface area contributed by atoms with Gasteiger partial charge in [-0.3, -0.25) is 9.59 Å². The molecule has 2 aromatic rings. The van der Waals surface area contributed by atoms with Crippen molar-refractivity contribution in [1.29, 1.82) is 5.26 Å². The molecule has 0 fully saturated rings. The molecule has 0 unspecified atom stereocenters. The van der Waals surface area contributed by atoms with Gasteiger partial charge in [-0.25, -0.2) is 4.68 Å². The van der Waals surface area contributed by atoms with Gasteiger partial charge in [0.1, 0.15) is 11.6 Å². The van der Waals surface area contributed by atoms with Crippen LogP contribution in [0, 0.1) is 18.3 Å². The van der Waals surface area contributed by atoms with E-state index in [2.05, 4.69) is 5.10 Å². The lowest BCUT2D eigenvalue weighted by Gasteiger charge is -2.32. The Bertz CT molecular complexity index is 1020. The maximum Gasteiger partial charge on any atom is 0.333 e. The second-order valence-electron chi connectivity index (χ2n) is 6.16. The van der Waals surface area contributed by atoms with Gasteiger partial charge in [-0.1, -0.05) is 18.2 Å². The lowest BCUT2D eigenvalue weighted by atomic mass is 9.73. The Kier molecular flexibility index (Phi) is 5.28. The summed E-state index contributed by atoms with van der Waals surface area (Å²) < 4.78 is 17.5. The molecule has 150 valence electrons. The van der Waals surface area contributed by atoms with Crippen molar-refractivity contribution >= 4 is 11.9 Å². The van der Waals surface area contributed by atoms with E-state index in [1.807, 2.05) is 12.1 Å². The first kappa shape index (κ1) is 19.9. The predicted molar refractivity (Wildman–Crippen MR) is 101 cm³/mol. The maximum absolute atomic E-state index is 13.2. The number of carbonyl (C=O) groups is 2. The number of aryl methyl sites for hydroxylation is 1. The fourth-order valence-corrected chi connectivity index (χ4v) is 3.35. The third kappa shape index (κ3) is 2.89. The van der Waals surface area contributed by atoms with Crippen molar-refractivity contribution in [2.24, 2.45) is 5.73 Å². The lowest BCUT2D eigenvalue weighted by Crippen LogP contribution is -2.51. The molecule has 9 nitrogen and oxygen atoms in total. The van der Waals surface area contributed by atoms with Crippen molar-refractivity contribution in [2.45, 2.75) is 26.2 Å². The molecule has 2 heterocycles. The number of benzene rings is 1. The number of hydrogen-bond acceptors (Lipinski definition) is 8. The van der Waals surface area contributed by atoms with E-state index < -0.39 is 28.8 Å². The van der Waals surface area contributed by atoms with Crippen LogP contribution in [0.15, 0.2) is 41.8 Å². The van der Waals surface area contributed by atoms with Gasteiger partial charge in [0.25, 0.3) is 0 Å². The number of nitrogens with zero attached hydrogens (tertiary/aromatic N) is 3. The highest BCUT2D eigenvalue weighted by Crippen LogP contribution is 2.47. The molecular weight excluding hydrogens is 376 g/mol. The van der Waals surface area contributed by atoms with Gasteiger partial charge in [-0.05, 0) is 32.9 Å². The molecule has 0 saturated carbocycles. The Morgan fingerprint density at radius 1 is 1.21 bits per heavy atom. The predicted octanol–water partition coefficient (Wildman–Crippen LogP) is 1.63. The summed E-state index contributed by atoms with van der Waals surface area (Å²) in [6.07, 6.45) is 0. The molecule has 0 bridgehead atoms. The van der Waals surface area contributed by atoms with Crippen LogP contribution in [0.4, 0.5) is 0 Å². The zero-order chi connectivity index (χ0) is 21.2. The fourth-order valence-electron chi connectivity index (χ4n) is 3.35. The quantitative estimate of drug-likeness (QED) is 0.596. The number of esters is 2. The molecule has 1 aromatic carbocycles. The number of nitriles is 1. The van der Waals surface area contributed by atoms with Crippen molar-refractivity contribution in [2.75, 3.05) is 13.2 Å². The first-order valence-electron chi connectivity index (χ1n) is 9.01. The molecule has 0 amide bonds. The van der Waals surface area contributed by atoms with E-state index in [0.717, 1.165) is 0 Å². The molecule has 1 aliphatic rings. The number of aromatic nitrogens is 2. The van der Waals surface area contributed by atoms with Crippen LogP contribution in [-0.4, -0.2) is 34.9 Å². The largest absolute Gasteiger partial charge is 0.465 e. The average Bonchev–Trinajstić information content (AvgIpc) is 3.04. The summed E-state index contributed by atoms with van der Waals surface area (Å²) in [6.45, 7) is 4.76. The van der Waals surface area contributed by atoms with Crippen LogP contribution in [0.5, 0.6) is 5.88 Å². The van der Waals surface area contributed by atoms with Gasteiger partial charge in [0.15, 0.2) is 0 Å². The minimum Gasteiger partial charge on any atom is -0.465 e. The van der Waals surface area contributed by atoms with Gasteiger partial charge in [0.05, 0.1) is 30.2 Å². The second-order valence-corrected chi connectivity index (χ2v) is 6.16. The van der Waals surface area contributed by atoms with E-state index >= 15 is 0 Å². The third-order valence-corrected chi connectivity index (χ3v) is 4.50. The molecule has 0 saturated heterocycles. The van der Waals surface area contributed by atoms with Crippen LogP contribution < -0.4 is 10.5 Å². The standard InChI is InChI=1S/C20H20N4O5/c1-4-27-18(25)20(19(26)28-5-2)14(11-21)16(22)29-17-15(20)12(3)23-24(17)13-9-7-6-8-10-13/h6-10H,4-5,22H2,1-3H3. The summed E-state index contributed by atoms with van der Waals surface area (Å²) in [5, 5.41) is 14.2. The number of rotatable bonds is 5. The van der Waals surface area contributed by atoms with Gasteiger partial charge < -0.3 is 19.9 Å². The zero-order valence-electron chi connectivity index (χ0n) is 16.3. The van der Waals surface area contributed by atoms with Crippen LogP contribution in [0.25, 0.3) is 5.69 Å². The minimum atomic E-state index is -2.23. The molecule has 1 aliphatic heterocycles. The molecule has 2 N–H and O–H groups in total. The van der Waals surface area contributed by atoms with E-state index in [0.29, 0.717) is 11.4 Å². The molecule has 0 atom stereocenters. The summed E-state index contributed by atoms with van der Waals surface area (Å²) in [6, 6.07) is 10.8. The topological polar surface area (TPSA) is 129 Å². The van der Waals surface area contributed by atoms with Crippen molar-refractivity contribution in [3.63, 3.8) is 0 Å². The highest BCUT2D eigenvalue weighted by atomic mass is 16.6. The Balaban J connectivity index is 2.40. The van der Waals surface area contributed by atoms with E-state index in [9.17, 15) is 14.9 Å². The molecule has 29 heavy (non-hydrogen) atoms. The normalized spacial score (nSPS) is 14.4. The van der Waals surface area contributed by atoms with Crippen molar-refractivity contribution in [1.82, 2.24) is 9.78 Å². The molecule has 0 aliphatic carbocycles. The number of carbonyl (C=O) groups excluding carboxylic acids is 2. The monoisotopic (exact) mass is 396 g/mol. The number of hydrogen-bond donors (Lipinski definition) is 1. The SMILES string of the molecule is CCOC(=O)C1(C(=O)OCC)C(C#N)=C(N)Oc2c1c(C)nn2-c1ccccc1. The summed E-state index contributed by atoms with van der Waals surface area (Å²) in [7, 11) is 0. The summed E-state index contributed by atoms with van der Waals surface area (Å²) >= 11 is 0. The minimum absolute atomic E-state index is 0.0132. The highest BCUT2D eigenvalue weighted by Gasteiger charge is 2.61. The smallest absolute Gasteiger partial charge is 0.333 e. The number of ether oxygens (including phenoxy) is 3. The second kappa shape index (κ2) is 7.67. The van der Waals surface area contributed by atoms with Crippen molar-refractivity contribution in [3.8, 4) is 17.6 Å². The zero-order valence-corrected chi connectivity index (χ0v) is 16.3. The lowest BCUT2D eigenvalue weighted by molar-refractivity contribution is -0.162. The Morgan fingerprint density at radius 2 is 1.79 bits per heavy atom. The Hall–Kier alpha value is -3.80. The Morgan fingerprint density at radius 3 is 2.31 bits per heavy atom. The van der Waals surface area contributed by atoms with Gasteiger partial charge in [-0.2, -0.15) is 10.4 Å². The van der Waals surface area contributed by atoms with E-state index in [1.165, 1.54) is 4.68 Å². The first-order chi connectivity index (χ1) is 13.9. The van der Waals surface area contributed by atoms with Gasteiger partial charge >= 0.3 is 11.9 Å². The molecular formula is C20H20N4O5. The van der Waals surface area contributed by atoms with E-state index in [4.69, 9.17) is 19.9 Å². The van der Waals surface area contributed by atoms with Crippen LogP contribution in [-0.2, 0) is 24.5 Å². The van der Waals surface area contributed by atoms with Gasteiger partial charge in [0, 0.05) is 0 Å². The van der Waals surface area contributed by atoms with Crippen molar-refractivity contribution < 1.29 is 23.8 Å². The number of nitrogens with two attached hydrogens (primary N) is 1. The highest BCUT2D eigenvalue weighted by molar-refractivity contribution is 6.12. The first-order valence-corrected chi connectivity index (χ1v) is 9.01. The third-order valence-electron chi connectivity index (χ3n) is 4.50. The van der Waals surface area contributed by atoms with Crippen LogP contribution in [0.1, 0.15) is 25.1 Å². The summed E-state index contributed by atoms with van der Waals surface area (Å²) in [5.41, 5.74) is 4.35. The van der Waals surface area contributed by atoms with Gasteiger partial charge in [-0.15, -0.1) is 0 Å². The Labute approximate surface area is 167 Å². The van der Waals surface area contributed by atoms with Crippen LogP contribution >= 0.6 is 0 Å². The summed E-state index contributed by atoms with van der Waals surface area (Å²) in [4.78, 5) is 26.3. The van der Waals surface area contributed by atoms with Crippen molar-refractivity contribution in [3.05, 3.63) is 53.0 Å².